The molecule has 0 unspecified atom stereocenters. The van der Waals surface area contributed by atoms with Crippen LogP contribution in [-0.2, 0) is 11.2 Å². The van der Waals surface area contributed by atoms with Crippen LogP contribution in [0.3, 0.4) is 0 Å². The maximum atomic E-state index is 13.6. The summed E-state index contributed by atoms with van der Waals surface area (Å²) in [6.45, 7) is 1.84. The number of methoxy groups -OCH3 is 1. The van der Waals surface area contributed by atoms with Crippen LogP contribution in [0.15, 0.2) is 53.6 Å². The lowest BCUT2D eigenvalue weighted by molar-refractivity contribution is -0.302. The normalized spacial score (nSPS) is 19.5. The molecule has 0 radical (unpaired) electrons. The Morgan fingerprint density at radius 3 is 2.32 bits per heavy atom. The number of carbonyl (C=O) groups excluding carboxylic acids is 1. The van der Waals surface area contributed by atoms with Gasteiger partial charge in [0, 0.05) is 0 Å². The molecule has 8 heteroatoms. The second kappa shape index (κ2) is 7.27. The van der Waals surface area contributed by atoms with Gasteiger partial charge < -0.3 is 9.84 Å². The van der Waals surface area contributed by atoms with E-state index in [1.54, 1.807) is 48.5 Å². The zero-order chi connectivity index (χ0) is 20.5. The van der Waals surface area contributed by atoms with Gasteiger partial charge in [-0.05, 0) is 30.2 Å². The molecule has 0 aliphatic carbocycles. The Hall–Kier alpha value is -2.87. The Labute approximate surface area is 160 Å². The molecule has 5 nitrogen and oxygen atoms in total. The summed E-state index contributed by atoms with van der Waals surface area (Å²) in [7, 11) is 1.48. The van der Waals surface area contributed by atoms with E-state index in [1.165, 1.54) is 7.11 Å². The molecule has 2 aromatic rings. The molecule has 0 bridgehead atoms. The summed E-state index contributed by atoms with van der Waals surface area (Å²) < 4.78 is 45.9. The molecular weight excluding hydrogens is 373 g/mol. The number of amides is 1. The Morgan fingerprint density at radius 1 is 1.18 bits per heavy atom. The minimum absolute atomic E-state index is 0.00269. The van der Waals surface area contributed by atoms with Crippen LogP contribution in [0.4, 0.5) is 13.2 Å². The first-order chi connectivity index (χ1) is 13.1. The van der Waals surface area contributed by atoms with Crippen molar-refractivity contribution in [2.75, 3.05) is 7.11 Å². The molecule has 28 heavy (non-hydrogen) atoms. The van der Waals surface area contributed by atoms with E-state index >= 15 is 0 Å². The second-order valence-electron chi connectivity index (χ2n) is 6.63. The number of hydrogen-bond acceptors (Lipinski definition) is 4. The number of hydrazone groups is 1. The lowest BCUT2D eigenvalue weighted by Crippen LogP contribution is -2.57. The van der Waals surface area contributed by atoms with Gasteiger partial charge in [-0.1, -0.05) is 42.0 Å². The zero-order valence-electron chi connectivity index (χ0n) is 15.3. The Balaban J connectivity index is 1.90. The van der Waals surface area contributed by atoms with E-state index in [0.29, 0.717) is 16.9 Å². The minimum atomic E-state index is -5.06. The summed E-state index contributed by atoms with van der Waals surface area (Å²) in [6.07, 6.45) is -6.22. The fourth-order valence-electron chi connectivity index (χ4n) is 2.93. The van der Waals surface area contributed by atoms with Crippen molar-refractivity contribution >= 4 is 11.6 Å². The lowest BCUT2D eigenvalue weighted by atomic mass is 10.00. The first-order valence-corrected chi connectivity index (χ1v) is 8.53. The molecule has 1 N–H and O–H groups in total. The van der Waals surface area contributed by atoms with Crippen molar-refractivity contribution < 1.29 is 27.8 Å². The zero-order valence-corrected chi connectivity index (χ0v) is 15.3. The Morgan fingerprint density at radius 2 is 1.79 bits per heavy atom. The quantitative estimate of drug-likeness (QED) is 0.867. The highest BCUT2D eigenvalue weighted by Gasteiger charge is 2.63. The van der Waals surface area contributed by atoms with E-state index in [2.05, 4.69) is 5.10 Å². The fraction of sp³-hybridized carbons (Fsp3) is 0.300. The maximum absolute atomic E-state index is 13.6. The molecule has 2 aromatic carbocycles. The summed E-state index contributed by atoms with van der Waals surface area (Å²) in [6, 6.07) is 13.0. The van der Waals surface area contributed by atoms with Crippen LogP contribution in [0.1, 0.15) is 23.1 Å². The number of aliphatic hydroxyl groups is 1. The molecule has 1 aliphatic rings. The van der Waals surface area contributed by atoms with Crippen LogP contribution in [0.2, 0.25) is 0 Å². The van der Waals surface area contributed by atoms with Crippen LogP contribution in [-0.4, -0.2) is 40.7 Å². The molecule has 0 fully saturated rings. The number of nitrogens with zero attached hydrogens (tertiary/aromatic N) is 2. The number of hydrogen-bond donors (Lipinski definition) is 1. The first kappa shape index (κ1) is 19.9. The van der Waals surface area contributed by atoms with E-state index < -0.39 is 24.2 Å². The van der Waals surface area contributed by atoms with Gasteiger partial charge in [-0.2, -0.15) is 23.3 Å². The van der Waals surface area contributed by atoms with E-state index in [-0.39, 0.29) is 17.1 Å². The number of carbonyl (C=O) groups is 1. The van der Waals surface area contributed by atoms with Crippen molar-refractivity contribution in [2.45, 2.75) is 31.7 Å². The topological polar surface area (TPSA) is 62.1 Å². The van der Waals surface area contributed by atoms with Crippen LogP contribution >= 0.6 is 0 Å². The SMILES string of the molecule is COc1ccc(CC(=O)N2N=C(c3ccc(C)cc3)C[C@@]2(O)C(F)(F)F)cc1. The average molecular weight is 392 g/mol. The molecule has 0 saturated carbocycles. The average Bonchev–Trinajstić information content (AvgIpc) is 3.02. The summed E-state index contributed by atoms with van der Waals surface area (Å²) in [4.78, 5) is 12.6. The fourth-order valence-corrected chi connectivity index (χ4v) is 2.93. The van der Waals surface area contributed by atoms with Gasteiger partial charge in [0.05, 0.1) is 25.7 Å². The van der Waals surface area contributed by atoms with E-state index in [9.17, 15) is 23.1 Å². The van der Waals surface area contributed by atoms with Crippen molar-refractivity contribution in [2.24, 2.45) is 5.10 Å². The van der Waals surface area contributed by atoms with Crippen molar-refractivity contribution in [1.29, 1.82) is 0 Å². The smallest absolute Gasteiger partial charge is 0.438 e. The van der Waals surface area contributed by atoms with Gasteiger partial charge in [-0.15, -0.1) is 0 Å². The van der Waals surface area contributed by atoms with Gasteiger partial charge in [-0.25, -0.2) is 0 Å². The van der Waals surface area contributed by atoms with Crippen molar-refractivity contribution in [1.82, 2.24) is 5.01 Å². The van der Waals surface area contributed by atoms with Gasteiger partial charge in [-0.3, -0.25) is 4.79 Å². The second-order valence-corrected chi connectivity index (χ2v) is 6.63. The molecule has 0 aromatic heterocycles. The molecule has 148 valence electrons. The minimum Gasteiger partial charge on any atom is -0.497 e. The highest BCUT2D eigenvalue weighted by molar-refractivity contribution is 6.03. The van der Waals surface area contributed by atoms with Gasteiger partial charge >= 0.3 is 6.18 Å². The van der Waals surface area contributed by atoms with Gasteiger partial charge in [0.15, 0.2) is 0 Å². The van der Waals surface area contributed by atoms with Crippen LogP contribution in [0, 0.1) is 6.92 Å². The predicted octanol–water partition coefficient (Wildman–Crippen LogP) is 3.43. The number of benzene rings is 2. The first-order valence-electron chi connectivity index (χ1n) is 8.53. The molecule has 0 spiro atoms. The predicted molar refractivity (Wildman–Crippen MR) is 96.9 cm³/mol. The number of alkyl halides is 3. The number of ether oxygens (including phenoxy) is 1. The summed E-state index contributed by atoms with van der Waals surface area (Å²) in [5.41, 5.74) is -1.54. The van der Waals surface area contributed by atoms with Gasteiger partial charge in [0.25, 0.3) is 5.72 Å². The number of aryl methyl sites for hydroxylation is 1. The summed E-state index contributed by atoms with van der Waals surface area (Å²) in [5, 5.41) is 14.4. The molecular formula is C20H19F3N2O3. The van der Waals surface area contributed by atoms with E-state index in [4.69, 9.17) is 4.74 Å². The highest BCUT2D eigenvalue weighted by Crippen LogP contribution is 2.41. The highest BCUT2D eigenvalue weighted by atomic mass is 19.4. The molecule has 0 saturated heterocycles. The lowest BCUT2D eigenvalue weighted by Gasteiger charge is -2.32. The van der Waals surface area contributed by atoms with Crippen LogP contribution < -0.4 is 4.74 Å². The maximum Gasteiger partial charge on any atom is 0.438 e. The monoisotopic (exact) mass is 392 g/mol. The molecule has 3 rings (SSSR count). The third kappa shape index (κ3) is 3.73. The molecule has 1 heterocycles. The van der Waals surface area contributed by atoms with Gasteiger partial charge in [0.1, 0.15) is 5.75 Å². The van der Waals surface area contributed by atoms with E-state index in [0.717, 1.165) is 5.56 Å². The molecule has 1 atom stereocenters. The number of halogens is 3. The Kier molecular flexibility index (Phi) is 5.16. The number of rotatable bonds is 4. The third-order valence-corrected chi connectivity index (χ3v) is 4.57. The van der Waals surface area contributed by atoms with Crippen molar-refractivity contribution in [3.8, 4) is 5.75 Å². The largest absolute Gasteiger partial charge is 0.497 e. The van der Waals surface area contributed by atoms with Crippen LogP contribution in [0.5, 0.6) is 5.75 Å². The van der Waals surface area contributed by atoms with Crippen molar-refractivity contribution in [3.63, 3.8) is 0 Å². The van der Waals surface area contributed by atoms with Crippen molar-refractivity contribution in [3.05, 3.63) is 65.2 Å². The Bertz CT molecular complexity index is 892. The van der Waals surface area contributed by atoms with E-state index in [1.807, 2.05) is 6.92 Å². The van der Waals surface area contributed by atoms with Gasteiger partial charge in [0.2, 0.25) is 5.91 Å². The standard InChI is InChI=1S/C20H19F3N2O3/c1-13-3-7-15(8-4-13)17-12-19(27,20(21,22)23)25(24-17)18(26)11-14-5-9-16(28-2)10-6-14/h3-10,27H,11-12H2,1-2H3/t19-/m1/s1. The van der Waals surface area contributed by atoms with Crippen LogP contribution in [0.25, 0.3) is 0 Å². The third-order valence-electron chi connectivity index (χ3n) is 4.57. The molecule has 1 amide bonds. The summed E-state index contributed by atoms with van der Waals surface area (Å²) >= 11 is 0. The molecule has 1 aliphatic heterocycles. The summed E-state index contributed by atoms with van der Waals surface area (Å²) in [5.74, 6) is -0.393.